The molecule has 1 rings (SSSR count). The average Bonchev–Trinajstić information content (AvgIpc) is 2.42. The van der Waals surface area contributed by atoms with Crippen LogP contribution in [0.25, 0.3) is 0 Å². The molecule has 7 nitrogen and oxygen atoms in total. The number of nitrogen functional groups attached to an aromatic ring is 1. The number of hydrogen-bond donors (Lipinski definition) is 3. The monoisotopic (exact) mass is 267 g/mol. The normalized spacial score (nSPS) is 10.0. The van der Waals surface area contributed by atoms with E-state index in [0.717, 1.165) is 12.8 Å². The fourth-order valence-corrected chi connectivity index (χ4v) is 1.32. The van der Waals surface area contributed by atoms with Crippen molar-refractivity contribution in [1.29, 1.82) is 0 Å². The van der Waals surface area contributed by atoms with Crippen LogP contribution in [-0.2, 0) is 4.79 Å². The Morgan fingerprint density at radius 2 is 2.16 bits per heavy atom. The van der Waals surface area contributed by atoms with Gasteiger partial charge in [-0.1, -0.05) is 13.8 Å². The van der Waals surface area contributed by atoms with Gasteiger partial charge < -0.3 is 21.1 Å². The molecule has 0 aliphatic rings. The van der Waals surface area contributed by atoms with Crippen LogP contribution in [-0.4, -0.2) is 35.6 Å². The number of nitrogens with zero attached hydrogens (tertiary/aromatic N) is 2. The van der Waals surface area contributed by atoms with Crippen molar-refractivity contribution in [3.63, 3.8) is 0 Å². The molecule has 1 amide bonds. The second-order valence-electron chi connectivity index (χ2n) is 3.99. The van der Waals surface area contributed by atoms with E-state index in [2.05, 4.69) is 20.6 Å². The number of nitrogens with two attached hydrogens (primary N) is 1. The standard InChI is InChI=1S/C12H21N5O2/c1-3-5-14-9(18)7-15-11-10(13)12(17-8-16-11)19-6-4-2/h8H,3-7,13H2,1-2H3,(H,14,18)(H,15,16,17). The summed E-state index contributed by atoms with van der Waals surface area (Å²) >= 11 is 0. The molecule has 0 aliphatic carbocycles. The van der Waals surface area contributed by atoms with E-state index < -0.39 is 0 Å². The van der Waals surface area contributed by atoms with Crippen molar-refractivity contribution in [3.05, 3.63) is 6.33 Å². The first-order valence-electron chi connectivity index (χ1n) is 6.42. The van der Waals surface area contributed by atoms with Gasteiger partial charge in [-0.3, -0.25) is 4.79 Å². The van der Waals surface area contributed by atoms with Crippen molar-refractivity contribution in [2.24, 2.45) is 0 Å². The van der Waals surface area contributed by atoms with Crippen molar-refractivity contribution in [2.45, 2.75) is 26.7 Å². The molecule has 1 aromatic heterocycles. The minimum atomic E-state index is -0.101. The van der Waals surface area contributed by atoms with Gasteiger partial charge in [0.2, 0.25) is 11.8 Å². The van der Waals surface area contributed by atoms with Crippen LogP contribution in [0, 0.1) is 0 Å². The van der Waals surface area contributed by atoms with Gasteiger partial charge in [0, 0.05) is 6.54 Å². The Hall–Kier alpha value is -2.05. The largest absolute Gasteiger partial charge is 0.476 e. The highest BCUT2D eigenvalue weighted by molar-refractivity contribution is 5.81. The molecule has 0 spiro atoms. The molecule has 0 saturated heterocycles. The Balaban J connectivity index is 2.56. The molecular formula is C12H21N5O2. The number of carbonyl (C=O) groups is 1. The predicted octanol–water partition coefficient (Wildman–Crippen LogP) is 0.786. The van der Waals surface area contributed by atoms with Gasteiger partial charge in [-0.25, -0.2) is 4.98 Å². The van der Waals surface area contributed by atoms with Crippen LogP contribution in [0.1, 0.15) is 26.7 Å². The van der Waals surface area contributed by atoms with Crippen molar-refractivity contribution in [1.82, 2.24) is 15.3 Å². The summed E-state index contributed by atoms with van der Waals surface area (Å²) < 4.78 is 5.38. The Kier molecular flexibility index (Phi) is 6.42. The molecule has 106 valence electrons. The van der Waals surface area contributed by atoms with Crippen LogP contribution in [0.4, 0.5) is 11.5 Å². The van der Waals surface area contributed by atoms with Crippen LogP contribution in [0.2, 0.25) is 0 Å². The molecule has 0 fully saturated rings. The van der Waals surface area contributed by atoms with Gasteiger partial charge in [-0.15, -0.1) is 0 Å². The highest BCUT2D eigenvalue weighted by Gasteiger charge is 2.10. The number of aromatic nitrogens is 2. The lowest BCUT2D eigenvalue weighted by Crippen LogP contribution is -2.30. The zero-order valence-corrected chi connectivity index (χ0v) is 11.4. The summed E-state index contributed by atoms with van der Waals surface area (Å²) in [5.74, 6) is 0.650. The molecule has 0 bridgehead atoms. The van der Waals surface area contributed by atoms with Crippen LogP contribution in [0.15, 0.2) is 6.33 Å². The molecule has 0 aliphatic heterocycles. The summed E-state index contributed by atoms with van der Waals surface area (Å²) in [6.07, 6.45) is 3.12. The molecule has 4 N–H and O–H groups in total. The highest BCUT2D eigenvalue weighted by atomic mass is 16.5. The number of carbonyl (C=O) groups excluding carboxylic acids is 1. The van der Waals surface area contributed by atoms with E-state index in [1.165, 1.54) is 6.33 Å². The number of amides is 1. The van der Waals surface area contributed by atoms with Gasteiger partial charge >= 0.3 is 0 Å². The molecule has 7 heteroatoms. The number of anilines is 2. The Morgan fingerprint density at radius 1 is 1.37 bits per heavy atom. The van der Waals surface area contributed by atoms with Gasteiger partial charge in [0.15, 0.2) is 5.82 Å². The number of hydrogen-bond acceptors (Lipinski definition) is 6. The van der Waals surface area contributed by atoms with Crippen LogP contribution in [0.3, 0.4) is 0 Å². The summed E-state index contributed by atoms with van der Waals surface area (Å²) in [7, 11) is 0. The van der Waals surface area contributed by atoms with Crippen LogP contribution >= 0.6 is 0 Å². The van der Waals surface area contributed by atoms with E-state index in [1.807, 2.05) is 13.8 Å². The molecule has 19 heavy (non-hydrogen) atoms. The molecule has 0 saturated carbocycles. The lowest BCUT2D eigenvalue weighted by molar-refractivity contribution is -0.119. The third kappa shape index (κ3) is 4.99. The van der Waals surface area contributed by atoms with Gasteiger partial charge in [-0.05, 0) is 12.8 Å². The van der Waals surface area contributed by atoms with E-state index in [0.29, 0.717) is 30.5 Å². The van der Waals surface area contributed by atoms with Crippen molar-refractivity contribution in [3.8, 4) is 5.88 Å². The first-order chi connectivity index (χ1) is 9.19. The third-order valence-electron chi connectivity index (χ3n) is 2.28. The molecule has 0 aromatic carbocycles. The van der Waals surface area contributed by atoms with Crippen molar-refractivity contribution < 1.29 is 9.53 Å². The van der Waals surface area contributed by atoms with E-state index in [9.17, 15) is 4.79 Å². The van der Waals surface area contributed by atoms with Crippen molar-refractivity contribution in [2.75, 3.05) is 30.7 Å². The minimum absolute atomic E-state index is 0.101. The summed E-state index contributed by atoms with van der Waals surface area (Å²) in [5.41, 5.74) is 6.18. The maximum Gasteiger partial charge on any atom is 0.242 e. The topological polar surface area (TPSA) is 102 Å². The third-order valence-corrected chi connectivity index (χ3v) is 2.28. The summed E-state index contributed by atoms with van der Waals surface area (Å²) in [6, 6.07) is 0. The fraction of sp³-hybridized carbons (Fsp3) is 0.583. The maximum absolute atomic E-state index is 11.5. The first kappa shape index (κ1) is 15.0. The van der Waals surface area contributed by atoms with E-state index in [4.69, 9.17) is 10.5 Å². The fourth-order valence-electron chi connectivity index (χ4n) is 1.32. The second kappa shape index (κ2) is 8.12. The van der Waals surface area contributed by atoms with Crippen LogP contribution < -0.4 is 21.1 Å². The molecule has 0 radical (unpaired) electrons. The minimum Gasteiger partial charge on any atom is -0.476 e. The van der Waals surface area contributed by atoms with E-state index in [1.54, 1.807) is 0 Å². The van der Waals surface area contributed by atoms with Gasteiger partial charge in [-0.2, -0.15) is 4.98 Å². The molecular weight excluding hydrogens is 246 g/mol. The Labute approximate surface area is 113 Å². The van der Waals surface area contributed by atoms with E-state index in [-0.39, 0.29) is 12.5 Å². The predicted molar refractivity (Wildman–Crippen MR) is 74.0 cm³/mol. The van der Waals surface area contributed by atoms with Crippen molar-refractivity contribution >= 4 is 17.4 Å². The quantitative estimate of drug-likeness (QED) is 0.643. The highest BCUT2D eigenvalue weighted by Crippen LogP contribution is 2.24. The Morgan fingerprint density at radius 3 is 2.84 bits per heavy atom. The summed E-state index contributed by atoms with van der Waals surface area (Å²) in [4.78, 5) is 19.4. The molecule has 1 heterocycles. The second-order valence-corrected chi connectivity index (χ2v) is 3.99. The average molecular weight is 267 g/mol. The molecule has 0 unspecified atom stereocenters. The first-order valence-corrected chi connectivity index (χ1v) is 6.42. The maximum atomic E-state index is 11.5. The smallest absolute Gasteiger partial charge is 0.242 e. The summed E-state index contributed by atoms with van der Waals surface area (Å²) in [6.45, 7) is 5.30. The Bertz CT molecular complexity index is 411. The van der Waals surface area contributed by atoms with Gasteiger partial charge in [0.25, 0.3) is 0 Å². The number of rotatable bonds is 8. The van der Waals surface area contributed by atoms with Gasteiger partial charge in [0.05, 0.1) is 13.2 Å². The number of ether oxygens (including phenoxy) is 1. The number of nitrogens with one attached hydrogen (secondary N) is 2. The zero-order valence-electron chi connectivity index (χ0n) is 11.4. The van der Waals surface area contributed by atoms with Gasteiger partial charge in [0.1, 0.15) is 12.0 Å². The molecule has 0 atom stereocenters. The van der Waals surface area contributed by atoms with E-state index >= 15 is 0 Å². The lowest BCUT2D eigenvalue weighted by Gasteiger charge is -2.11. The van der Waals surface area contributed by atoms with Crippen LogP contribution in [0.5, 0.6) is 5.88 Å². The SMILES string of the molecule is CCCNC(=O)CNc1ncnc(OCCC)c1N. The zero-order chi connectivity index (χ0) is 14.1. The lowest BCUT2D eigenvalue weighted by atomic mass is 10.4. The molecule has 1 aromatic rings. The summed E-state index contributed by atoms with van der Waals surface area (Å²) in [5, 5.41) is 5.62.